The fourth-order valence-corrected chi connectivity index (χ4v) is 2.35. The Labute approximate surface area is 115 Å². The first-order valence-electron chi connectivity index (χ1n) is 6.38. The van der Waals surface area contributed by atoms with Crippen molar-refractivity contribution in [3.63, 3.8) is 0 Å². The van der Waals surface area contributed by atoms with Crippen molar-refractivity contribution in [2.24, 2.45) is 5.92 Å². The first kappa shape index (κ1) is 15.1. The van der Waals surface area contributed by atoms with Gasteiger partial charge >= 0.3 is 6.36 Å². The number of alkyl halides is 3. The molecule has 0 radical (unpaired) electrons. The van der Waals surface area contributed by atoms with Gasteiger partial charge in [0.25, 0.3) is 0 Å². The Morgan fingerprint density at radius 2 is 1.80 bits per heavy atom. The highest BCUT2D eigenvalue weighted by atomic mass is 19.4. The molecule has 1 aliphatic rings. The average Bonchev–Trinajstić information content (AvgIpc) is 3.14. The highest BCUT2D eigenvalue weighted by Crippen LogP contribution is 2.41. The van der Waals surface area contributed by atoms with Gasteiger partial charge in [-0.2, -0.15) is 0 Å². The summed E-state index contributed by atoms with van der Waals surface area (Å²) in [6.45, 7) is 0.221. The van der Waals surface area contributed by atoms with E-state index in [0.717, 1.165) is 18.4 Å². The molecule has 1 atom stereocenters. The van der Waals surface area contributed by atoms with Gasteiger partial charge in [0.1, 0.15) is 5.75 Å². The number of rotatable bonds is 6. The highest BCUT2D eigenvalue weighted by Gasteiger charge is 2.43. The van der Waals surface area contributed by atoms with E-state index in [9.17, 15) is 18.3 Å². The van der Waals surface area contributed by atoms with Crippen LogP contribution < -0.4 is 4.74 Å². The number of methoxy groups -OCH3 is 1. The second-order valence-corrected chi connectivity index (χ2v) is 5.18. The summed E-state index contributed by atoms with van der Waals surface area (Å²) in [6.07, 6.45) is -2.42. The maximum Gasteiger partial charge on any atom is 0.573 e. The van der Waals surface area contributed by atoms with Gasteiger partial charge < -0.3 is 14.6 Å². The quantitative estimate of drug-likeness (QED) is 0.875. The van der Waals surface area contributed by atoms with Crippen molar-refractivity contribution in [2.75, 3.05) is 13.7 Å². The van der Waals surface area contributed by atoms with Gasteiger partial charge in [0.2, 0.25) is 0 Å². The molecule has 20 heavy (non-hydrogen) atoms. The summed E-state index contributed by atoms with van der Waals surface area (Å²) in [6, 6.07) is 5.57. The molecular weight excluding hydrogens is 273 g/mol. The molecule has 0 bridgehead atoms. The summed E-state index contributed by atoms with van der Waals surface area (Å²) in [5, 5.41) is 10.5. The number of benzene rings is 1. The van der Waals surface area contributed by atoms with Crippen molar-refractivity contribution in [3.8, 4) is 5.75 Å². The molecule has 1 saturated carbocycles. The minimum Gasteiger partial charge on any atom is -0.406 e. The molecule has 1 unspecified atom stereocenters. The monoisotopic (exact) mass is 290 g/mol. The molecule has 1 fully saturated rings. The lowest BCUT2D eigenvalue weighted by molar-refractivity contribution is -0.274. The molecule has 0 aliphatic heterocycles. The second-order valence-electron chi connectivity index (χ2n) is 5.18. The van der Waals surface area contributed by atoms with E-state index in [1.54, 1.807) is 0 Å². The number of halogens is 3. The average molecular weight is 290 g/mol. The van der Waals surface area contributed by atoms with Crippen molar-refractivity contribution in [1.82, 2.24) is 0 Å². The van der Waals surface area contributed by atoms with Crippen molar-refractivity contribution in [1.29, 1.82) is 0 Å². The molecule has 1 aromatic rings. The van der Waals surface area contributed by atoms with Gasteiger partial charge in [-0.1, -0.05) is 12.1 Å². The van der Waals surface area contributed by atoms with E-state index in [2.05, 4.69) is 4.74 Å². The first-order chi connectivity index (χ1) is 9.32. The third-order valence-electron chi connectivity index (χ3n) is 3.40. The lowest BCUT2D eigenvalue weighted by Crippen LogP contribution is -2.39. The fourth-order valence-electron chi connectivity index (χ4n) is 2.35. The first-order valence-corrected chi connectivity index (χ1v) is 6.38. The molecule has 0 spiro atoms. The van der Waals surface area contributed by atoms with E-state index in [0.29, 0.717) is 6.42 Å². The van der Waals surface area contributed by atoms with Crippen LogP contribution in [0.3, 0.4) is 0 Å². The van der Waals surface area contributed by atoms with Gasteiger partial charge in [0.05, 0.1) is 12.2 Å². The normalized spacial score (nSPS) is 18.6. The molecule has 0 amide bonds. The third kappa shape index (κ3) is 4.11. The van der Waals surface area contributed by atoms with Crippen molar-refractivity contribution >= 4 is 0 Å². The Morgan fingerprint density at radius 3 is 2.25 bits per heavy atom. The van der Waals surface area contributed by atoms with Crippen LogP contribution in [0.5, 0.6) is 5.75 Å². The Kier molecular flexibility index (Phi) is 4.25. The van der Waals surface area contributed by atoms with Crippen molar-refractivity contribution in [2.45, 2.75) is 31.2 Å². The van der Waals surface area contributed by atoms with Gasteiger partial charge in [-0.05, 0) is 36.5 Å². The van der Waals surface area contributed by atoms with Crippen LogP contribution in [0, 0.1) is 5.92 Å². The van der Waals surface area contributed by atoms with Crippen LogP contribution in [0.2, 0.25) is 0 Å². The number of ether oxygens (including phenoxy) is 2. The Balaban J connectivity index is 2.02. The summed E-state index contributed by atoms with van der Waals surface area (Å²) < 4.78 is 45.0. The van der Waals surface area contributed by atoms with Gasteiger partial charge in [-0.25, -0.2) is 0 Å². The van der Waals surface area contributed by atoms with E-state index in [1.165, 1.54) is 31.4 Å². The zero-order valence-electron chi connectivity index (χ0n) is 11.1. The molecule has 1 N–H and O–H groups in total. The smallest absolute Gasteiger partial charge is 0.406 e. The highest BCUT2D eigenvalue weighted by molar-refractivity contribution is 5.28. The zero-order chi connectivity index (χ0) is 14.8. The van der Waals surface area contributed by atoms with Crippen molar-refractivity contribution < 1.29 is 27.8 Å². The zero-order valence-corrected chi connectivity index (χ0v) is 11.1. The Hall–Kier alpha value is -1.27. The van der Waals surface area contributed by atoms with Gasteiger partial charge in [-0.15, -0.1) is 13.2 Å². The Bertz CT molecular complexity index is 440. The standard InChI is InChI=1S/C14H17F3O3/c1-19-9-13(18,11-4-5-11)8-10-2-6-12(7-3-10)20-14(15,16)17/h2-3,6-7,11,18H,4-5,8-9H2,1H3. The topological polar surface area (TPSA) is 38.7 Å². The largest absolute Gasteiger partial charge is 0.573 e. The maximum atomic E-state index is 12.0. The van der Waals surface area contributed by atoms with Crippen LogP contribution in [0.4, 0.5) is 13.2 Å². The SMILES string of the molecule is COCC(O)(Cc1ccc(OC(F)(F)F)cc1)C1CC1. The van der Waals surface area contributed by atoms with Crippen LogP contribution in [-0.4, -0.2) is 30.8 Å². The summed E-state index contributed by atoms with van der Waals surface area (Å²) in [7, 11) is 1.52. The van der Waals surface area contributed by atoms with Crippen LogP contribution >= 0.6 is 0 Å². The van der Waals surface area contributed by atoms with Crippen LogP contribution in [-0.2, 0) is 11.2 Å². The maximum absolute atomic E-state index is 12.0. The fraction of sp³-hybridized carbons (Fsp3) is 0.571. The molecule has 6 heteroatoms. The minimum absolute atomic E-state index is 0.202. The molecule has 3 nitrogen and oxygen atoms in total. The van der Waals surface area contributed by atoms with Crippen LogP contribution in [0.1, 0.15) is 18.4 Å². The Morgan fingerprint density at radius 1 is 1.20 bits per heavy atom. The summed E-state index contributed by atoms with van der Waals surface area (Å²) in [4.78, 5) is 0. The molecule has 1 aliphatic carbocycles. The van der Waals surface area contributed by atoms with Gasteiger partial charge in [0, 0.05) is 13.5 Å². The van der Waals surface area contributed by atoms with E-state index in [-0.39, 0.29) is 18.3 Å². The van der Waals surface area contributed by atoms with Crippen LogP contribution in [0.15, 0.2) is 24.3 Å². The lowest BCUT2D eigenvalue weighted by Gasteiger charge is -2.27. The number of hydrogen-bond donors (Lipinski definition) is 1. The molecule has 0 heterocycles. The summed E-state index contributed by atoms with van der Waals surface area (Å²) >= 11 is 0. The number of hydrogen-bond acceptors (Lipinski definition) is 3. The van der Waals surface area contributed by atoms with Crippen LogP contribution in [0.25, 0.3) is 0 Å². The third-order valence-corrected chi connectivity index (χ3v) is 3.40. The molecule has 2 rings (SSSR count). The molecule has 0 saturated heterocycles. The predicted octanol–water partition coefficient (Wildman–Crippen LogP) is 2.92. The summed E-state index contributed by atoms with van der Waals surface area (Å²) in [5.74, 6) is -0.0588. The van der Waals surface area contributed by atoms with Gasteiger partial charge in [0.15, 0.2) is 0 Å². The minimum atomic E-state index is -4.69. The molecule has 0 aromatic heterocycles. The number of aliphatic hydroxyl groups is 1. The van der Waals surface area contributed by atoms with E-state index < -0.39 is 12.0 Å². The van der Waals surface area contributed by atoms with E-state index in [1.807, 2.05) is 0 Å². The summed E-state index contributed by atoms with van der Waals surface area (Å²) in [5.41, 5.74) is -0.188. The van der Waals surface area contributed by atoms with Gasteiger partial charge in [-0.3, -0.25) is 0 Å². The molecule has 112 valence electrons. The predicted molar refractivity (Wildman–Crippen MR) is 66.4 cm³/mol. The lowest BCUT2D eigenvalue weighted by atomic mass is 9.90. The second kappa shape index (κ2) is 5.61. The molecular formula is C14H17F3O3. The van der Waals surface area contributed by atoms with E-state index in [4.69, 9.17) is 4.74 Å². The molecule has 1 aromatic carbocycles. The van der Waals surface area contributed by atoms with E-state index >= 15 is 0 Å². The van der Waals surface area contributed by atoms with Crippen molar-refractivity contribution in [3.05, 3.63) is 29.8 Å².